The molecular formula is C13H21N3O. The van der Waals surface area contributed by atoms with Gasteiger partial charge in [0.15, 0.2) is 0 Å². The Balaban J connectivity index is 2.15. The molecule has 0 saturated carbocycles. The molecule has 1 aromatic heterocycles. The van der Waals surface area contributed by atoms with E-state index < -0.39 is 0 Å². The number of aliphatic hydroxyl groups is 1. The Morgan fingerprint density at radius 1 is 1.59 bits per heavy atom. The van der Waals surface area contributed by atoms with Crippen LogP contribution in [0.5, 0.6) is 0 Å². The molecule has 2 rings (SSSR count). The highest BCUT2D eigenvalue weighted by Crippen LogP contribution is 2.24. The molecule has 0 radical (unpaired) electrons. The van der Waals surface area contributed by atoms with Crippen LogP contribution >= 0.6 is 0 Å². The smallest absolute Gasteiger partial charge is 0.133 e. The van der Waals surface area contributed by atoms with Crippen LogP contribution in [-0.2, 0) is 6.54 Å². The van der Waals surface area contributed by atoms with Crippen molar-refractivity contribution in [3.8, 4) is 0 Å². The van der Waals surface area contributed by atoms with Crippen molar-refractivity contribution in [2.45, 2.75) is 19.4 Å². The third kappa shape index (κ3) is 2.96. The summed E-state index contributed by atoms with van der Waals surface area (Å²) < 4.78 is 0. The van der Waals surface area contributed by atoms with Gasteiger partial charge in [-0.3, -0.25) is 0 Å². The van der Waals surface area contributed by atoms with Gasteiger partial charge in [-0.15, -0.1) is 0 Å². The van der Waals surface area contributed by atoms with Crippen LogP contribution in [0.25, 0.3) is 0 Å². The van der Waals surface area contributed by atoms with E-state index in [4.69, 9.17) is 0 Å². The normalized spacial score (nSPS) is 20.6. The minimum Gasteiger partial charge on any atom is -0.396 e. The maximum Gasteiger partial charge on any atom is 0.133 e. The van der Waals surface area contributed by atoms with Crippen LogP contribution < -0.4 is 10.2 Å². The third-order valence-electron chi connectivity index (χ3n) is 3.31. The summed E-state index contributed by atoms with van der Waals surface area (Å²) >= 11 is 0. The highest BCUT2D eigenvalue weighted by molar-refractivity contribution is 5.47. The number of aromatic nitrogens is 1. The molecule has 1 atom stereocenters. The van der Waals surface area contributed by atoms with Crippen LogP contribution in [0, 0.1) is 5.92 Å². The van der Waals surface area contributed by atoms with Crippen molar-refractivity contribution in [1.29, 1.82) is 0 Å². The lowest BCUT2D eigenvalue weighted by Crippen LogP contribution is -2.38. The van der Waals surface area contributed by atoms with Gasteiger partial charge >= 0.3 is 0 Å². The molecular weight excluding hydrogens is 214 g/mol. The molecule has 4 heteroatoms. The fraction of sp³-hybridized carbons (Fsp3) is 0.615. The van der Waals surface area contributed by atoms with Crippen molar-refractivity contribution < 1.29 is 5.11 Å². The molecule has 1 unspecified atom stereocenters. The van der Waals surface area contributed by atoms with Gasteiger partial charge in [-0.25, -0.2) is 4.98 Å². The summed E-state index contributed by atoms with van der Waals surface area (Å²) in [6.07, 6.45) is 4.11. The van der Waals surface area contributed by atoms with Crippen LogP contribution in [0.3, 0.4) is 0 Å². The number of nitrogens with zero attached hydrogens (tertiary/aromatic N) is 2. The van der Waals surface area contributed by atoms with Gasteiger partial charge in [-0.05, 0) is 31.9 Å². The molecule has 1 aromatic rings. The lowest BCUT2D eigenvalue weighted by atomic mass is 9.98. The lowest BCUT2D eigenvalue weighted by molar-refractivity contribution is 0.208. The molecule has 94 valence electrons. The predicted octanol–water partition coefficient (Wildman–Crippen LogP) is 1.01. The minimum atomic E-state index is 0.282. The van der Waals surface area contributed by atoms with Gasteiger partial charge in [0.05, 0.1) is 0 Å². The summed E-state index contributed by atoms with van der Waals surface area (Å²) in [5.74, 6) is 1.47. The van der Waals surface area contributed by atoms with Crippen LogP contribution in [0.4, 0.5) is 5.82 Å². The Morgan fingerprint density at radius 3 is 3.24 bits per heavy atom. The quantitative estimate of drug-likeness (QED) is 0.817. The van der Waals surface area contributed by atoms with Crippen LogP contribution in [0.15, 0.2) is 18.3 Å². The van der Waals surface area contributed by atoms with E-state index in [0.717, 1.165) is 38.3 Å². The monoisotopic (exact) mass is 235 g/mol. The van der Waals surface area contributed by atoms with Gasteiger partial charge in [0.1, 0.15) is 5.82 Å². The Hall–Kier alpha value is -1.13. The van der Waals surface area contributed by atoms with Crippen LogP contribution in [0.2, 0.25) is 0 Å². The molecule has 1 aliphatic rings. The summed E-state index contributed by atoms with van der Waals surface area (Å²) in [6.45, 7) is 3.09. The van der Waals surface area contributed by atoms with Gasteiger partial charge in [-0.1, -0.05) is 6.07 Å². The standard InChI is InChI=1S/C13H21N3O/c1-14-8-12-5-2-6-15-13(12)16-7-3-4-11(9-16)10-17/h2,5-6,11,14,17H,3-4,7-10H2,1H3. The molecule has 0 bridgehead atoms. The Bertz CT molecular complexity index is 356. The van der Waals surface area contributed by atoms with Gasteiger partial charge in [0.2, 0.25) is 0 Å². The highest BCUT2D eigenvalue weighted by Gasteiger charge is 2.21. The second kappa shape index (κ2) is 5.98. The molecule has 2 N–H and O–H groups in total. The molecule has 0 aromatic carbocycles. The first-order chi connectivity index (χ1) is 8.35. The average Bonchev–Trinajstić information content (AvgIpc) is 2.40. The van der Waals surface area contributed by atoms with E-state index in [1.54, 1.807) is 0 Å². The first-order valence-corrected chi connectivity index (χ1v) is 6.29. The first kappa shape index (κ1) is 12.3. The zero-order chi connectivity index (χ0) is 12.1. The molecule has 4 nitrogen and oxygen atoms in total. The molecule has 1 saturated heterocycles. The third-order valence-corrected chi connectivity index (χ3v) is 3.31. The summed E-state index contributed by atoms with van der Waals surface area (Å²) in [5.41, 5.74) is 1.23. The van der Waals surface area contributed by atoms with E-state index in [1.165, 1.54) is 5.56 Å². The molecule has 0 amide bonds. The number of aliphatic hydroxyl groups excluding tert-OH is 1. The second-order valence-electron chi connectivity index (χ2n) is 4.65. The highest BCUT2D eigenvalue weighted by atomic mass is 16.3. The zero-order valence-electron chi connectivity index (χ0n) is 10.4. The van der Waals surface area contributed by atoms with Crippen molar-refractivity contribution in [3.63, 3.8) is 0 Å². The average molecular weight is 235 g/mol. The maximum atomic E-state index is 9.27. The second-order valence-corrected chi connectivity index (χ2v) is 4.65. The predicted molar refractivity (Wildman–Crippen MR) is 69.0 cm³/mol. The molecule has 0 spiro atoms. The SMILES string of the molecule is CNCc1cccnc1N1CCCC(CO)C1. The van der Waals surface area contributed by atoms with Gasteiger partial charge in [-0.2, -0.15) is 0 Å². The van der Waals surface area contributed by atoms with Crippen LogP contribution in [-0.4, -0.2) is 36.8 Å². The van der Waals surface area contributed by atoms with Crippen molar-refractivity contribution in [3.05, 3.63) is 23.9 Å². The fourth-order valence-electron chi connectivity index (χ4n) is 2.45. The number of anilines is 1. The van der Waals surface area contributed by atoms with E-state index in [2.05, 4.69) is 21.3 Å². The fourth-order valence-corrected chi connectivity index (χ4v) is 2.45. The number of piperidine rings is 1. The first-order valence-electron chi connectivity index (χ1n) is 6.29. The van der Waals surface area contributed by atoms with E-state index in [0.29, 0.717) is 5.92 Å². The number of rotatable bonds is 4. The Kier molecular flexibility index (Phi) is 4.34. The topological polar surface area (TPSA) is 48.4 Å². The van der Waals surface area contributed by atoms with Crippen molar-refractivity contribution in [2.75, 3.05) is 31.6 Å². The van der Waals surface area contributed by atoms with E-state index in [-0.39, 0.29) is 6.61 Å². The lowest BCUT2D eigenvalue weighted by Gasteiger charge is -2.33. The Labute approximate surface area is 103 Å². The molecule has 17 heavy (non-hydrogen) atoms. The zero-order valence-corrected chi connectivity index (χ0v) is 10.4. The van der Waals surface area contributed by atoms with E-state index in [1.807, 2.05) is 19.3 Å². The number of pyridine rings is 1. The van der Waals surface area contributed by atoms with Gasteiger partial charge in [0, 0.05) is 38.0 Å². The molecule has 0 aliphatic carbocycles. The van der Waals surface area contributed by atoms with Gasteiger partial charge < -0.3 is 15.3 Å². The summed E-state index contributed by atoms with van der Waals surface area (Å²) in [5, 5.41) is 12.4. The number of nitrogens with one attached hydrogen (secondary N) is 1. The minimum absolute atomic E-state index is 0.282. The molecule has 1 fully saturated rings. The van der Waals surface area contributed by atoms with Gasteiger partial charge in [0.25, 0.3) is 0 Å². The summed E-state index contributed by atoms with van der Waals surface area (Å²) in [7, 11) is 1.95. The van der Waals surface area contributed by atoms with Crippen molar-refractivity contribution in [1.82, 2.24) is 10.3 Å². The van der Waals surface area contributed by atoms with Crippen LogP contribution in [0.1, 0.15) is 18.4 Å². The molecule has 1 aliphatic heterocycles. The maximum absolute atomic E-state index is 9.27. The molecule has 2 heterocycles. The van der Waals surface area contributed by atoms with Crippen molar-refractivity contribution >= 4 is 5.82 Å². The Morgan fingerprint density at radius 2 is 2.47 bits per heavy atom. The van der Waals surface area contributed by atoms with E-state index >= 15 is 0 Å². The summed E-state index contributed by atoms with van der Waals surface area (Å²) in [6, 6.07) is 4.09. The van der Waals surface area contributed by atoms with Crippen molar-refractivity contribution in [2.24, 2.45) is 5.92 Å². The number of hydrogen-bond acceptors (Lipinski definition) is 4. The summed E-state index contributed by atoms with van der Waals surface area (Å²) in [4.78, 5) is 6.80. The van der Waals surface area contributed by atoms with E-state index in [9.17, 15) is 5.11 Å². The largest absolute Gasteiger partial charge is 0.396 e. The number of hydrogen-bond donors (Lipinski definition) is 2.